The minimum absolute atomic E-state index is 0.000415. The van der Waals surface area contributed by atoms with E-state index < -0.39 is 28.0 Å². The number of aryl methyl sites for hydroxylation is 1. The van der Waals surface area contributed by atoms with Gasteiger partial charge in [-0.1, -0.05) is 93.8 Å². The van der Waals surface area contributed by atoms with Crippen LogP contribution in [0.2, 0.25) is 5.02 Å². The van der Waals surface area contributed by atoms with Crippen molar-refractivity contribution < 1.29 is 17.9 Å². The van der Waals surface area contributed by atoms with E-state index in [9.17, 15) is 13.2 Å². The third-order valence-electron chi connectivity index (χ3n) is 7.11. The SMILES string of the molecule is COC(=O)C[C@@H](c1ccc(Br)cc1)[C@@H]1c2cc(Cl)ccc2C=C(c2ccccc2)N1NS(=O)(=O)c1ccc(C)cc1. The smallest absolute Gasteiger partial charge is 0.306 e. The van der Waals surface area contributed by atoms with Gasteiger partial charge in [0.2, 0.25) is 0 Å². The molecule has 1 heterocycles. The summed E-state index contributed by atoms with van der Waals surface area (Å²) in [5.74, 6) is -0.931. The topological polar surface area (TPSA) is 75.7 Å². The number of carbonyl (C=O) groups is 1. The molecule has 1 aliphatic heterocycles. The fraction of sp³-hybridized carbons (Fsp3) is 0.156. The average molecular weight is 652 g/mol. The van der Waals surface area contributed by atoms with Crippen molar-refractivity contribution in [2.45, 2.75) is 30.2 Å². The fourth-order valence-electron chi connectivity index (χ4n) is 5.06. The Morgan fingerprint density at radius 1 is 1.00 bits per heavy atom. The Bertz CT molecular complexity index is 1690. The van der Waals surface area contributed by atoms with Gasteiger partial charge in [0.1, 0.15) is 0 Å². The van der Waals surface area contributed by atoms with Crippen LogP contribution in [-0.2, 0) is 19.6 Å². The van der Waals surface area contributed by atoms with Crippen molar-refractivity contribution in [3.8, 4) is 0 Å². The summed E-state index contributed by atoms with van der Waals surface area (Å²) in [6.45, 7) is 1.90. The van der Waals surface area contributed by atoms with Gasteiger partial charge in [0.05, 0.1) is 30.2 Å². The Labute approximate surface area is 253 Å². The Morgan fingerprint density at radius 3 is 2.34 bits per heavy atom. The number of nitrogens with one attached hydrogen (secondary N) is 1. The lowest BCUT2D eigenvalue weighted by atomic mass is 9.80. The molecule has 0 aliphatic carbocycles. The molecule has 5 rings (SSSR count). The zero-order chi connectivity index (χ0) is 29.1. The molecule has 0 saturated carbocycles. The first kappa shape index (κ1) is 29.1. The molecule has 2 atom stereocenters. The van der Waals surface area contributed by atoms with E-state index >= 15 is 0 Å². The summed E-state index contributed by atoms with van der Waals surface area (Å²) in [5, 5.41) is 2.15. The van der Waals surface area contributed by atoms with Gasteiger partial charge in [0, 0.05) is 15.4 Å². The second kappa shape index (κ2) is 12.2. The average Bonchev–Trinajstić information content (AvgIpc) is 2.97. The molecule has 210 valence electrons. The highest BCUT2D eigenvalue weighted by Gasteiger charge is 2.39. The third-order valence-corrected chi connectivity index (χ3v) is 9.20. The molecule has 1 N–H and O–H groups in total. The number of hydrazine groups is 1. The van der Waals surface area contributed by atoms with E-state index in [1.807, 2.05) is 79.7 Å². The van der Waals surface area contributed by atoms with Gasteiger partial charge in [-0.15, -0.1) is 4.83 Å². The van der Waals surface area contributed by atoms with Gasteiger partial charge < -0.3 is 4.74 Å². The van der Waals surface area contributed by atoms with Crippen LogP contribution in [0.25, 0.3) is 11.8 Å². The number of methoxy groups -OCH3 is 1. The Morgan fingerprint density at radius 2 is 1.68 bits per heavy atom. The number of esters is 1. The Kier molecular flexibility index (Phi) is 8.66. The van der Waals surface area contributed by atoms with Crippen molar-refractivity contribution in [3.63, 3.8) is 0 Å². The maximum atomic E-state index is 13.9. The summed E-state index contributed by atoms with van der Waals surface area (Å²) in [5.41, 5.74) is 4.87. The second-order valence-electron chi connectivity index (χ2n) is 9.83. The molecule has 6 nitrogen and oxygen atoms in total. The highest BCUT2D eigenvalue weighted by molar-refractivity contribution is 9.10. The highest BCUT2D eigenvalue weighted by Crippen LogP contribution is 2.47. The van der Waals surface area contributed by atoms with Gasteiger partial charge in [-0.2, -0.15) is 0 Å². The monoisotopic (exact) mass is 650 g/mol. The number of rotatable bonds is 8. The largest absolute Gasteiger partial charge is 0.469 e. The lowest BCUT2D eigenvalue weighted by Gasteiger charge is -2.43. The van der Waals surface area contributed by atoms with Crippen LogP contribution < -0.4 is 4.83 Å². The number of hydrogen-bond donors (Lipinski definition) is 1. The number of sulfonamides is 1. The normalized spacial score (nSPS) is 15.6. The van der Waals surface area contributed by atoms with Crippen LogP contribution in [-0.4, -0.2) is 26.5 Å². The molecule has 9 heteroatoms. The zero-order valence-electron chi connectivity index (χ0n) is 22.4. The maximum absolute atomic E-state index is 13.9. The number of hydrogen-bond acceptors (Lipinski definition) is 5. The molecule has 0 aromatic heterocycles. The second-order valence-corrected chi connectivity index (χ2v) is 12.8. The molecule has 41 heavy (non-hydrogen) atoms. The van der Waals surface area contributed by atoms with Crippen LogP contribution >= 0.6 is 27.5 Å². The van der Waals surface area contributed by atoms with E-state index in [-0.39, 0.29) is 11.3 Å². The molecule has 0 fully saturated rings. The summed E-state index contributed by atoms with van der Waals surface area (Å²) < 4.78 is 33.8. The predicted molar refractivity (Wildman–Crippen MR) is 165 cm³/mol. The number of fused-ring (bicyclic) bond motifs is 1. The van der Waals surface area contributed by atoms with Crippen molar-refractivity contribution in [3.05, 3.63) is 134 Å². The van der Waals surface area contributed by atoms with Crippen LogP contribution in [0.15, 0.2) is 106 Å². The van der Waals surface area contributed by atoms with E-state index in [4.69, 9.17) is 16.3 Å². The Balaban J connectivity index is 1.75. The van der Waals surface area contributed by atoms with Crippen LogP contribution in [0.5, 0.6) is 0 Å². The first-order valence-electron chi connectivity index (χ1n) is 12.9. The van der Waals surface area contributed by atoms with Crippen LogP contribution in [0.4, 0.5) is 0 Å². The third kappa shape index (κ3) is 6.41. The fourth-order valence-corrected chi connectivity index (χ4v) is 6.57. The number of nitrogens with zero attached hydrogens (tertiary/aromatic N) is 1. The van der Waals surface area contributed by atoms with E-state index in [1.165, 1.54) is 7.11 Å². The summed E-state index contributed by atoms with van der Waals surface area (Å²) in [7, 11) is -2.69. The molecule has 0 saturated heterocycles. The van der Waals surface area contributed by atoms with E-state index in [1.54, 1.807) is 35.3 Å². The summed E-state index contributed by atoms with van der Waals surface area (Å²) in [6, 6.07) is 28.7. The van der Waals surface area contributed by atoms with Crippen LogP contribution in [0, 0.1) is 6.92 Å². The van der Waals surface area contributed by atoms with Crippen molar-refractivity contribution in [1.82, 2.24) is 9.84 Å². The highest BCUT2D eigenvalue weighted by atomic mass is 79.9. The molecule has 1 aliphatic rings. The molecule has 4 aromatic rings. The summed E-state index contributed by atoms with van der Waals surface area (Å²) in [4.78, 5) is 15.9. The quantitative estimate of drug-likeness (QED) is 0.200. The molecular weight excluding hydrogens is 624 g/mol. The molecule has 0 unspecified atom stereocenters. The molecule has 0 spiro atoms. The molecule has 0 bridgehead atoms. The molecule has 0 radical (unpaired) electrons. The maximum Gasteiger partial charge on any atom is 0.306 e. The van der Waals surface area contributed by atoms with Gasteiger partial charge in [0.15, 0.2) is 0 Å². The van der Waals surface area contributed by atoms with Crippen LogP contribution in [0.3, 0.4) is 0 Å². The van der Waals surface area contributed by atoms with E-state index in [0.29, 0.717) is 10.7 Å². The Hall–Kier alpha value is -3.43. The number of halogens is 2. The van der Waals surface area contributed by atoms with Crippen LogP contribution in [0.1, 0.15) is 46.2 Å². The van der Waals surface area contributed by atoms with Crippen molar-refractivity contribution in [1.29, 1.82) is 0 Å². The van der Waals surface area contributed by atoms with Gasteiger partial charge >= 0.3 is 5.97 Å². The van der Waals surface area contributed by atoms with Crippen molar-refractivity contribution in [2.24, 2.45) is 0 Å². The zero-order valence-corrected chi connectivity index (χ0v) is 25.6. The lowest BCUT2D eigenvalue weighted by Crippen LogP contribution is -2.46. The summed E-state index contributed by atoms with van der Waals surface area (Å²) >= 11 is 10.0. The molecule has 4 aromatic carbocycles. The summed E-state index contributed by atoms with van der Waals surface area (Å²) in [6.07, 6.45) is 1.94. The molecule has 0 amide bonds. The number of carbonyl (C=O) groups excluding carboxylic acids is 1. The van der Waals surface area contributed by atoms with Gasteiger partial charge in [-0.25, -0.2) is 8.42 Å². The van der Waals surface area contributed by atoms with Crippen molar-refractivity contribution >= 4 is 55.3 Å². The standard InChI is InChI=1S/C32H28BrClN2O4S/c1-21-8-16-27(17-9-21)41(38,39)35-36-30(23-6-4-3-5-7-23)18-24-12-15-26(34)19-28(24)32(36)29(20-31(37)40-2)22-10-13-25(33)14-11-22/h3-19,29,32,35H,20H2,1-2H3/t29-,32-/m0/s1. The van der Waals surface area contributed by atoms with Crippen molar-refractivity contribution in [2.75, 3.05) is 7.11 Å². The van der Waals surface area contributed by atoms with E-state index in [0.717, 1.165) is 32.3 Å². The first-order chi connectivity index (χ1) is 19.7. The lowest BCUT2D eigenvalue weighted by molar-refractivity contribution is -0.141. The minimum Gasteiger partial charge on any atom is -0.469 e. The number of ether oxygens (including phenoxy) is 1. The van der Waals surface area contributed by atoms with E-state index in [2.05, 4.69) is 20.8 Å². The number of benzene rings is 4. The van der Waals surface area contributed by atoms with Gasteiger partial charge in [-0.3, -0.25) is 9.80 Å². The minimum atomic E-state index is -4.04. The van der Waals surface area contributed by atoms with Gasteiger partial charge in [0.25, 0.3) is 10.0 Å². The van der Waals surface area contributed by atoms with Gasteiger partial charge in [-0.05, 0) is 71.7 Å². The first-order valence-corrected chi connectivity index (χ1v) is 15.6. The predicted octanol–water partition coefficient (Wildman–Crippen LogP) is 7.51. The molecular formula is C32H28BrClN2O4S.